The average Bonchev–Trinajstić information content (AvgIpc) is 2.66. The van der Waals surface area contributed by atoms with Crippen LogP contribution < -0.4 is 0 Å². The zero-order valence-electron chi connectivity index (χ0n) is 14.6. The summed E-state index contributed by atoms with van der Waals surface area (Å²) < 4.78 is 18.5. The predicted molar refractivity (Wildman–Crippen MR) is 95.5 cm³/mol. The van der Waals surface area contributed by atoms with E-state index in [0.29, 0.717) is 0 Å². The van der Waals surface area contributed by atoms with Crippen LogP contribution in [-0.4, -0.2) is 120 Å². The standard InChI is InChI=1S/C14H22Cl3NO11/c15-14(16,17)13(18)29-10-6(22)5(21)3(1-19)27-12(10)28-9-4(2-20)26-11(25)8(24)7(9)23/h3-12,18-25H,1-2H2/t3-,4-,5+,6+,7-,8-,9-,10-,11-,12+/m1/s1. The van der Waals surface area contributed by atoms with E-state index >= 15 is 0 Å². The lowest BCUT2D eigenvalue weighted by Gasteiger charge is -2.46. The first kappa shape index (κ1) is 25.2. The Morgan fingerprint density at radius 3 is 1.90 bits per heavy atom. The topological polar surface area (TPSA) is 202 Å². The van der Waals surface area contributed by atoms with E-state index in [1.165, 1.54) is 0 Å². The van der Waals surface area contributed by atoms with Gasteiger partial charge in [0, 0.05) is 0 Å². The summed E-state index contributed by atoms with van der Waals surface area (Å²) in [5, 5.41) is 76.3. The van der Waals surface area contributed by atoms with Gasteiger partial charge in [0.15, 0.2) is 18.7 Å². The number of halogens is 3. The Morgan fingerprint density at radius 1 is 0.828 bits per heavy atom. The van der Waals surface area contributed by atoms with Gasteiger partial charge in [-0.15, -0.1) is 0 Å². The second-order valence-corrected chi connectivity index (χ2v) is 8.73. The first-order chi connectivity index (χ1) is 13.4. The SMILES string of the molecule is N=C(O[C@H]1[C@H](O[C@H]2[C@H](O)[C@@H](O)[C@H](O)O[C@@H]2CO)O[C@H](CO)[C@H](O)[C@@H]1O)C(Cl)(Cl)Cl. The molecule has 2 fully saturated rings. The van der Waals surface area contributed by atoms with Gasteiger partial charge in [0.25, 0.3) is 3.79 Å². The Morgan fingerprint density at radius 2 is 1.38 bits per heavy atom. The fourth-order valence-corrected chi connectivity index (χ4v) is 3.02. The molecule has 8 N–H and O–H groups in total. The fourth-order valence-electron chi connectivity index (χ4n) is 2.88. The summed E-state index contributed by atoms with van der Waals surface area (Å²) in [7, 11) is 0. The number of nitrogens with one attached hydrogen (secondary N) is 1. The van der Waals surface area contributed by atoms with Crippen LogP contribution in [0.3, 0.4) is 0 Å². The average molecular weight is 487 g/mol. The number of hydrogen-bond donors (Lipinski definition) is 8. The van der Waals surface area contributed by atoms with Crippen LogP contribution in [0.4, 0.5) is 0 Å². The van der Waals surface area contributed by atoms with Gasteiger partial charge in [0.2, 0.25) is 5.90 Å². The van der Waals surface area contributed by atoms with Gasteiger partial charge in [-0.25, -0.2) is 0 Å². The van der Waals surface area contributed by atoms with Gasteiger partial charge in [-0.05, 0) is 0 Å². The van der Waals surface area contributed by atoms with Crippen molar-refractivity contribution in [3.63, 3.8) is 0 Å². The smallest absolute Gasteiger partial charge is 0.265 e. The number of alkyl halides is 3. The maximum absolute atomic E-state index is 10.3. The van der Waals surface area contributed by atoms with Crippen LogP contribution in [0.15, 0.2) is 0 Å². The van der Waals surface area contributed by atoms with Crippen LogP contribution >= 0.6 is 34.8 Å². The van der Waals surface area contributed by atoms with Crippen molar-refractivity contribution in [1.82, 2.24) is 0 Å². The Labute approximate surface area is 179 Å². The zero-order valence-corrected chi connectivity index (χ0v) is 16.9. The minimum absolute atomic E-state index is 0.748. The van der Waals surface area contributed by atoms with Crippen LogP contribution in [0.5, 0.6) is 0 Å². The van der Waals surface area contributed by atoms with Gasteiger partial charge in [0.1, 0.15) is 42.7 Å². The summed E-state index contributed by atoms with van der Waals surface area (Å²) >= 11 is 16.6. The molecule has 0 radical (unpaired) electrons. The van der Waals surface area contributed by atoms with E-state index in [1.54, 1.807) is 0 Å². The van der Waals surface area contributed by atoms with Crippen LogP contribution in [0, 0.1) is 5.41 Å². The van der Waals surface area contributed by atoms with Crippen LogP contribution in [-0.2, 0) is 18.9 Å². The molecule has 0 aromatic heterocycles. The second-order valence-electron chi connectivity index (χ2n) is 6.45. The third-order valence-corrected chi connectivity index (χ3v) is 4.98. The molecule has 2 heterocycles. The van der Waals surface area contributed by atoms with Crippen molar-refractivity contribution in [1.29, 1.82) is 5.41 Å². The molecule has 2 aliphatic heterocycles. The third kappa shape index (κ3) is 5.60. The minimum Gasteiger partial charge on any atom is -0.466 e. The van der Waals surface area contributed by atoms with Crippen LogP contribution in [0.25, 0.3) is 0 Å². The molecule has 2 aliphatic rings. The van der Waals surface area contributed by atoms with Crippen LogP contribution in [0.1, 0.15) is 0 Å². The maximum Gasteiger partial charge on any atom is 0.265 e. The molecule has 0 aliphatic carbocycles. The van der Waals surface area contributed by atoms with Crippen molar-refractivity contribution in [2.75, 3.05) is 13.2 Å². The van der Waals surface area contributed by atoms with E-state index in [4.69, 9.17) is 59.2 Å². The highest BCUT2D eigenvalue weighted by atomic mass is 35.6. The van der Waals surface area contributed by atoms with E-state index in [2.05, 4.69) is 0 Å². The quantitative estimate of drug-likeness (QED) is 0.112. The third-order valence-electron chi connectivity index (χ3n) is 4.47. The van der Waals surface area contributed by atoms with Crippen molar-refractivity contribution >= 4 is 40.7 Å². The summed E-state index contributed by atoms with van der Waals surface area (Å²) in [4.78, 5) is 0. The molecule has 0 unspecified atom stereocenters. The molecule has 29 heavy (non-hydrogen) atoms. The highest BCUT2D eigenvalue weighted by Crippen LogP contribution is 2.33. The summed E-state index contributed by atoms with van der Waals surface area (Å²) in [6.45, 7) is -1.50. The number of rotatable bonds is 5. The Bertz CT molecular complexity index is 565. The molecule has 0 bridgehead atoms. The van der Waals surface area contributed by atoms with E-state index in [1.807, 2.05) is 0 Å². The first-order valence-electron chi connectivity index (χ1n) is 8.33. The molecule has 0 aromatic rings. The highest BCUT2D eigenvalue weighted by Gasteiger charge is 2.52. The van der Waals surface area contributed by atoms with E-state index < -0.39 is 84.3 Å². The first-order valence-corrected chi connectivity index (χ1v) is 9.46. The lowest BCUT2D eigenvalue weighted by Crippen LogP contribution is -2.65. The summed E-state index contributed by atoms with van der Waals surface area (Å²) in [6, 6.07) is 0. The molecule has 0 aromatic carbocycles. The van der Waals surface area contributed by atoms with Gasteiger partial charge in [-0.3, -0.25) is 5.41 Å². The normalized spacial score (nSPS) is 43.8. The van der Waals surface area contributed by atoms with Crippen molar-refractivity contribution in [3.8, 4) is 0 Å². The van der Waals surface area contributed by atoms with E-state index in [0.717, 1.165) is 0 Å². The van der Waals surface area contributed by atoms with Crippen molar-refractivity contribution in [2.24, 2.45) is 0 Å². The van der Waals surface area contributed by atoms with E-state index in [-0.39, 0.29) is 0 Å². The Hall–Kier alpha value is -0.0600. The van der Waals surface area contributed by atoms with Crippen molar-refractivity contribution in [3.05, 3.63) is 0 Å². The molecular weight excluding hydrogens is 465 g/mol. The van der Waals surface area contributed by atoms with Gasteiger partial charge in [-0.2, -0.15) is 0 Å². The maximum atomic E-state index is 10.3. The molecule has 0 saturated carbocycles. The number of hydrogen-bond acceptors (Lipinski definition) is 12. The second kappa shape index (κ2) is 10.0. The molecule has 12 nitrogen and oxygen atoms in total. The fraction of sp³-hybridized carbons (Fsp3) is 0.929. The molecule has 170 valence electrons. The number of aliphatic hydroxyl groups is 7. The van der Waals surface area contributed by atoms with Gasteiger partial charge in [0.05, 0.1) is 13.2 Å². The van der Waals surface area contributed by atoms with Gasteiger partial charge >= 0.3 is 0 Å². The lowest BCUT2D eigenvalue weighted by atomic mass is 9.97. The van der Waals surface area contributed by atoms with Crippen LogP contribution in [0.2, 0.25) is 0 Å². The number of ether oxygens (including phenoxy) is 4. The van der Waals surface area contributed by atoms with Crippen molar-refractivity contribution in [2.45, 2.75) is 65.2 Å². The molecule has 2 saturated heterocycles. The molecule has 10 atom stereocenters. The molecular formula is C14H22Cl3NO11. The molecule has 2 rings (SSSR count). The number of aliphatic hydroxyl groups excluding tert-OH is 7. The van der Waals surface area contributed by atoms with Crippen molar-refractivity contribution < 1.29 is 54.7 Å². The monoisotopic (exact) mass is 485 g/mol. The highest BCUT2D eigenvalue weighted by molar-refractivity contribution is 6.76. The zero-order chi connectivity index (χ0) is 22.1. The lowest BCUT2D eigenvalue weighted by molar-refractivity contribution is -0.353. The summed E-state index contributed by atoms with van der Waals surface area (Å²) in [5.41, 5.74) is 0. The molecule has 0 amide bonds. The largest absolute Gasteiger partial charge is 0.466 e. The summed E-state index contributed by atoms with van der Waals surface area (Å²) in [5.74, 6) is -0.951. The Balaban J connectivity index is 2.27. The molecule has 15 heteroatoms. The van der Waals surface area contributed by atoms with Gasteiger partial charge < -0.3 is 54.7 Å². The molecule has 0 spiro atoms. The van der Waals surface area contributed by atoms with E-state index in [9.17, 15) is 35.7 Å². The minimum atomic E-state index is -2.33. The van der Waals surface area contributed by atoms with Gasteiger partial charge in [-0.1, -0.05) is 34.8 Å². The Kier molecular flexibility index (Phi) is 8.73. The predicted octanol–water partition coefficient (Wildman–Crippen LogP) is -3.03. The summed E-state index contributed by atoms with van der Waals surface area (Å²) in [6.07, 6.45) is -16.5.